The number of alkyl halides is 3. The van der Waals surface area contributed by atoms with Gasteiger partial charge in [-0.1, -0.05) is 13.0 Å². The minimum absolute atomic E-state index is 0.0122. The quantitative estimate of drug-likeness (QED) is 0.937. The van der Waals surface area contributed by atoms with Crippen molar-refractivity contribution in [2.24, 2.45) is 0 Å². The summed E-state index contributed by atoms with van der Waals surface area (Å²) in [5, 5.41) is 9.08. The second-order valence-corrected chi connectivity index (χ2v) is 5.84. The van der Waals surface area contributed by atoms with Crippen molar-refractivity contribution in [3.8, 4) is 0 Å². The van der Waals surface area contributed by atoms with Gasteiger partial charge in [-0.25, -0.2) is 9.78 Å². The van der Waals surface area contributed by atoms with Gasteiger partial charge in [0.15, 0.2) is 0 Å². The van der Waals surface area contributed by atoms with Crippen LogP contribution in [0.5, 0.6) is 0 Å². The van der Waals surface area contributed by atoms with Gasteiger partial charge >= 0.3 is 12.1 Å². The van der Waals surface area contributed by atoms with Crippen LogP contribution in [0.2, 0.25) is 0 Å². The van der Waals surface area contributed by atoms with Gasteiger partial charge in [-0.05, 0) is 18.4 Å². The van der Waals surface area contributed by atoms with E-state index in [4.69, 9.17) is 0 Å². The minimum Gasteiger partial charge on any atom is -0.478 e. The number of carboxylic acid groups (broad SMARTS) is 1. The molecule has 0 bridgehead atoms. The first kappa shape index (κ1) is 15.7. The molecule has 2 rings (SSSR count). The smallest absolute Gasteiger partial charge is 0.449 e. The Labute approximate surface area is 123 Å². The van der Waals surface area contributed by atoms with Crippen molar-refractivity contribution >= 4 is 28.8 Å². The van der Waals surface area contributed by atoms with E-state index in [0.29, 0.717) is 0 Å². The first-order valence-corrected chi connectivity index (χ1v) is 7.37. The van der Waals surface area contributed by atoms with E-state index in [-0.39, 0.29) is 28.4 Å². The summed E-state index contributed by atoms with van der Waals surface area (Å²) in [6.07, 6.45) is -2.85. The number of hydrogen-bond donors (Lipinski definition) is 1. The number of thioether (sulfide) groups is 1. The molecule has 0 radical (unpaired) electrons. The zero-order chi connectivity index (χ0) is 15.8. The van der Waals surface area contributed by atoms with Crippen molar-refractivity contribution in [3.05, 3.63) is 29.6 Å². The van der Waals surface area contributed by atoms with Gasteiger partial charge in [0.1, 0.15) is 0 Å². The third-order valence-corrected chi connectivity index (χ3v) is 4.05. The molecule has 1 atom stereocenters. The Morgan fingerprint density at radius 2 is 2.14 bits per heavy atom. The highest BCUT2D eigenvalue weighted by Gasteiger charge is 2.38. The van der Waals surface area contributed by atoms with Crippen molar-refractivity contribution in [2.75, 3.05) is 6.26 Å². The number of nitrogens with zero attached hydrogens (tertiary/aromatic N) is 2. The van der Waals surface area contributed by atoms with E-state index in [2.05, 4.69) is 4.98 Å². The largest absolute Gasteiger partial charge is 0.478 e. The van der Waals surface area contributed by atoms with Crippen molar-refractivity contribution in [1.29, 1.82) is 0 Å². The molecular weight excluding hydrogens is 305 g/mol. The summed E-state index contributed by atoms with van der Waals surface area (Å²) in [5.41, 5.74) is -0.127. The van der Waals surface area contributed by atoms with Gasteiger partial charge in [-0.3, -0.25) is 0 Å². The molecule has 0 fully saturated rings. The molecule has 0 aliphatic carbocycles. The average molecular weight is 318 g/mol. The van der Waals surface area contributed by atoms with Crippen LogP contribution in [0, 0.1) is 0 Å². The highest BCUT2D eigenvalue weighted by Crippen LogP contribution is 2.33. The molecule has 1 unspecified atom stereocenters. The molecule has 1 N–H and O–H groups in total. The Hall–Kier alpha value is -1.70. The van der Waals surface area contributed by atoms with E-state index in [9.17, 15) is 23.1 Å². The SMILES string of the molecule is CSC(C)Cn1c(C(F)(F)F)nc2cccc(C(=O)O)c21. The molecule has 1 heterocycles. The fraction of sp³-hybridized carbons (Fsp3) is 0.385. The van der Waals surface area contributed by atoms with Gasteiger partial charge < -0.3 is 9.67 Å². The Morgan fingerprint density at radius 1 is 1.48 bits per heavy atom. The van der Waals surface area contributed by atoms with E-state index in [1.165, 1.54) is 30.0 Å². The van der Waals surface area contributed by atoms with Gasteiger partial charge in [0, 0.05) is 11.8 Å². The summed E-state index contributed by atoms with van der Waals surface area (Å²) in [7, 11) is 0. The molecule has 0 saturated heterocycles. The molecule has 1 aromatic heterocycles. The average Bonchev–Trinajstić information content (AvgIpc) is 2.77. The molecule has 0 amide bonds. The number of aromatic nitrogens is 2. The Kier molecular flexibility index (Phi) is 4.18. The molecule has 8 heteroatoms. The third-order valence-electron chi connectivity index (χ3n) is 3.09. The number of halogens is 3. The molecule has 1 aromatic carbocycles. The summed E-state index contributed by atoms with van der Waals surface area (Å²) in [6, 6.07) is 4.06. The van der Waals surface area contributed by atoms with Gasteiger partial charge in [-0.2, -0.15) is 24.9 Å². The lowest BCUT2D eigenvalue weighted by molar-refractivity contribution is -0.146. The molecule has 0 aliphatic heterocycles. The Morgan fingerprint density at radius 3 is 2.67 bits per heavy atom. The molecule has 2 aromatic rings. The topological polar surface area (TPSA) is 55.1 Å². The molecule has 21 heavy (non-hydrogen) atoms. The summed E-state index contributed by atoms with van der Waals surface area (Å²) in [5.74, 6) is -2.33. The Bertz CT molecular complexity index is 682. The normalized spacial score (nSPS) is 13.6. The van der Waals surface area contributed by atoms with Crippen molar-refractivity contribution in [1.82, 2.24) is 9.55 Å². The highest BCUT2D eigenvalue weighted by molar-refractivity contribution is 7.99. The zero-order valence-electron chi connectivity index (χ0n) is 11.3. The number of aromatic carboxylic acids is 1. The fourth-order valence-corrected chi connectivity index (χ4v) is 2.38. The second kappa shape index (κ2) is 5.59. The minimum atomic E-state index is -4.63. The molecule has 0 aliphatic rings. The van der Waals surface area contributed by atoms with E-state index < -0.39 is 18.0 Å². The van der Waals surface area contributed by atoms with Crippen LogP contribution < -0.4 is 0 Å². The van der Waals surface area contributed by atoms with Crippen LogP contribution in [-0.4, -0.2) is 32.1 Å². The predicted molar refractivity (Wildman–Crippen MR) is 74.7 cm³/mol. The number of fused-ring (bicyclic) bond motifs is 1. The highest BCUT2D eigenvalue weighted by atomic mass is 32.2. The van der Waals surface area contributed by atoms with Crippen LogP contribution in [-0.2, 0) is 12.7 Å². The number of para-hydroxylation sites is 1. The van der Waals surface area contributed by atoms with Crippen LogP contribution in [0.15, 0.2) is 18.2 Å². The van der Waals surface area contributed by atoms with Gasteiger partial charge in [-0.15, -0.1) is 0 Å². The number of hydrogen-bond acceptors (Lipinski definition) is 3. The van der Waals surface area contributed by atoms with Crippen LogP contribution >= 0.6 is 11.8 Å². The van der Waals surface area contributed by atoms with E-state index in [1.807, 2.05) is 0 Å². The lowest BCUT2D eigenvalue weighted by Gasteiger charge is -2.15. The first-order chi connectivity index (χ1) is 9.75. The summed E-state index contributed by atoms with van der Waals surface area (Å²) < 4.78 is 40.4. The monoisotopic (exact) mass is 318 g/mol. The van der Waals surface area contributed by atoms with Crippen LogP contribution in [0.25, 0.3) is 11.0 Å². The molecule has 0 saturated carbocycles. The van der Waals surface area contributed by atoms with Gasteiger partial charge in [0.25, 0.3) is 0 Å². The first-order valence-electron chi connectivity index (χ1n) is 6.08. The number of rotatable bonds is 4. The zero-order valence-corrected chi connectivity index (χ0v) is 12.1. The Balaban J connectivity index is 2.77. The van der Waals surface area contributed by atoms with Gasteiger partial charge in [0.05, 0.1) is 16.6 Å². The van der Waals surface area contributed by atoms with Crippen molar-refractivity contribution < 1.29 is 23.1 Å². The fourth-order valence-electron chi connectivity index (χ4n) is 2.08. The number of imidazole rings is 1. The maximum atomic E-state index is 13.1. The third kappa shape index (κ3) is 2.99. The predicted octanol–water partition coefficient (Wildman–Crippen LogP) is 3.50. The lowest BCUT2D eigenvalue weighted by Crippen LogP contribution is -2.19. The molecule has 4 nitrogen and oxygen atoms in total. The van der Waals surface area contributed by atoms with Gasteiger partial charge in [0.2, 0.25) is 5.82 Å². The second-order valence-electron chi connectivity index (χ2n) is 4.57. The standard InChI is InChI=1S/C13H13F3N2O2S/c1-7(21-2)6-18-10-8(11(19)20)4-3-5-9(10)17-12(18)13(14,15)16/h3-5,7H,6H2,1-2H3,(H,19,20). The number of carbonyl (C=O) groups is 1. The van der Waals surface area contributed by atoms with Crippen LogP contribution in [0.4, 0.5) is 13.2 Å². The van der Waals surface area contributed by atoms with E-state index in [0.717, 1.165) is 4.57 Å². The maximum absolute atomic E-state index is 13.1. The number of benzene rings is 1. The van der Waals surface area contributed by atoms with Crippen molar-refractivity contribution in [2.45, 2.75) is 24.9 Å². The van der Waals surface area contributed by atoms with E-state index in [1.54, 1.807) is 13.2 Å². The van der Waals surface area contributed by atoms with Crippen LogP contribution in [0.3, 0.4) is 0 Å². The summed E-state index contributed by atoms with van der Waals surface area (Å²) in [4.78, 5) is 14.8. The molecular formula is C13H13F3N2O2S. The molecule has 0 spiro atoms. The van der Waals surface area contributed by atoms with Crippen molar-refractivity contribution in [3.63, 3.8) is 0 Å². The molecule has 114 valence electrons. The summed E-state index contributed by atoms with van der Waals surface area (Å²) >= 11 is 1.40. The summed E-state index contributed by atoms with van der Waals surface area (Å²) in [6.45, 7) is 1.82. The van der Waals surface area contributed by atoms with Crippen LogP contribution in [0.1, 0.15) is 23.1 Å². The lowest BCUT2D eigenvalue weighted by atomic mass is 10.2. The maximum Gasteiger partial charge on any atom is 0.449 e. The number of carboxylic acids is 1. The van der Waals surface area contributed by atoms with E-state index >= 15 is 0 Å².